The second-order valence-electron chi connectivity index (χ2n) is 4.98. The number of aryl methyl sites for hydroxylation is 1. The summed E-state index contributed by atoms with van der Waals surface area (Å²) in [6.07, 6.45) is 0.554. The third-order valence-electron chi connectivity index (χ3n) is 3.77. The highest BCUT2D eigenvalue weighted by Gasteiger charge is 2.51. The molecular formula is C12H13N3O2. The van der Waals surface area contributed by atoms with E-state index in [-0.39, 0.29) is 18.1 Å². The van der Waals surface area contributed by atoms with E-state index in [0.717, 1.165) is 11.3 Å². The third-order valence-corrected chi connectivity index (χ3v) is 3.77. The zero-order valence-electron chi connectivity index (χ0n) is 10.1. The van der Waals surface area contributed by atoms with Gasteiger partial charge in [0.2, 0.25) is 5.91 Å². The Balaban J connectivity index is 2.36. The van der Waals surface area contributed by atoms with Gasteiger partial charge in [-0.2, -0.15) is 0 Å². The molecule has 1 aromatic rings. The van der Waals surface area contributed by atoms with Crippen molar-refractivity contribution in [3.05, 3.63) is 17.1 Å². The first-order valence-electron chi connectivity index (χ1n) is 5.61. The lowest BCUT2D eigenvalue weighted by atomic mass is 9.78. The Hall–Kier alpha value is -1.78. The van der Waals surface area contributed by atoms with Crippen molar-refractivity contribution in [2.75, 3.05) is 11.9 Å². The number of hydrogen-bond donors (Lipinski definition) is 0. The van der Waals surface area contributed by atoms with E-state index in [1.54, 1.807) is 14.0 Å². The summed E-state index contributed by atoms with van der Waals surface area (Å²) in [5.41, 5.74) is 0.941. The van der Waals surface area contributed by atoms with Crippen molar-refractivity contribution in [3.63, 3.8) is 0 Å². The Kier molecular flexibility index (Phi) is 1.78. The summed E-state index contributed by atoms with van der Waals surface area (Å²) in [6, 6.07) is 0. The minimum atomic E-state index is -0.706. The van der Waals surface area contributed by atoms with Crippen molar-refractivity contribution in [3.8, 4) is 0 Å². The molecule has 0 fully saturated rings. The van der Waals surface area contributed by atoms with E-state index in [9.17, 15) is 9.59 Å². The van der Waals surface area contributed by atoms with Crippen LogP contribution in [0, 0.1) is 6.92 Å². The van der Waals surface area contributed by atoms with Crippen LogP contribution in [0.1, 0.15) is 30.4 Å². The Morgan fingerprint density at radius 3 is 2.71 bits per heavy atom. The van der Waals surface area contributed by atoms with Gasteiger partial charge in [-0.15, -0.1) is 0 Å². The van der Waals surface area contributed by atoms with Crippen molar-refractivity contribution >= 4 is 17.5 Å². The van der Waals surface area contributed by atoms with E-state index in [1.807, 2.05) is 6.92 Å². The molecule has 1 unspecified atom stereocenters. The maximum absolute atomic E-state index is 12.1. The molecule has 2 heterocycles. The van der Waals surface area contributed by atoms with Gasteiger partial charge in [-0.05, 0) is 13.8 Å². The van der Waals surface area contributed by atoms with Crippen LogP contribution in [-0.2, 0) is 21.4 Å². The summed E-state index contributed by atoms with van der Waals surface area (Å²) < 4.78 is 0. The van der Waals surface area contributed by atoms with Crippen molar-refractivity contribution in [2.45, 2.75) is 32.1 Å². The van der Waals surface area contributed by atoms with Crippen LogP contribution in [0.3, 0.4) is 0 Å². The second-order valence-corrected chi connectivity index (χ2v) is 4.98. The molecule has 88 valence electrons. The van der Waals surface area contributed by atoms with E-state index in [1.165, 1.54) is 4.90 Å². The Bertz CT molecular complexity index is 567. The van der Waals surface area contributed by atoms with Gasteiger partial charge in [0.05, 0.1) is 17.5 Å². The van der Waals surface area contributed by atoms with Gasteiger partial charge in [-0.1, -0.05) is 0 Å². The average Bonchev–Trinajstić information content (AvgIpc) is 2.47. The van der Waals surface area contributed by atoms with Crippen LogP contribution in [0.15, 0.2) is 0 Å². The normalized spacial score (nSPS) is 26.4. The number of ketones is 1. The summed E-state index contributed by atoms with van der Waals surface area (Å²) in [4.78, 5) is 34.2. The minimum absolute atomic E-state index is 0.0562. The maximum Gasteiger partial charge on any atom is 0.229 e. The number of amides is 1. The van der Waals surface area contributed by atoms with E-state index < -0.39 is 5.41 Å². The molecule has 1 amide bonds. The molecule has 1 aliphatic heterocycles. The lowest BCUT2D eigenvalue weighted by Crippen LogP contribution is -2.43. The van der Waals surface area contributed by atoms with Gasteiger partial charge >= 0.3 is 0 Å². The number of nitrogens with zero attached hydrogens (tertiary/aromatic N) is 3. The molecule has 5 nitrogen and oxygen atoms in total. The Morgan fingerprint density at radius 1 is 1.29 bits per heavy atom. The molecule has 1 aliphatic carbocycles. The summed E-state index contributed by atoms with van der Waals surface area (Å²) in [7, 11) is 1.70. The fourth-order valence-corrected chi connectivity index (χ4v) is 2.76. The summed E-state index contributed by atoms with van der Waals surface area (Å²) in [5.74, 6) is 1.24. The van der Waals surface area contributed by atoms with E-state index in [2.05, 4.69) is 9.97 Å². The lowest BCUT2D eigenvalue weighted by Gasteiger charge is -2.34. The highest BCUT2D eigenvalue weighted by molar-refractivity contribution is 6.07. The second kappa shape index (κ2) is 2.91. The van der Waals surface area contributed by atoms with Crippen LogP contribution in [0.25, 0.3) is 0 Å². The summed E-state index contributed by atoms with van der Waals surface area (Å²) in [6.45, 7) is 3.61. The number of Topliss-reactive ketones (excluding diaryl/α,β-unsaturated/α-hetero) is 1. The number of hydrogen-bond acceptors (Lipinski definition) is 4. The minimum Gasteiger partial charge on any atom is -0.300 e. The molecule has 2 aliphatic rings. The highest BCUT2D eigenvalue weighted by Crippen LogP contribution is 2.45. The van der Waals surface area contributed by atoms with Crippen LogP contribution in [0.4, 0.5) is 5.82 Å². The Morgan fingerprint density at radius 2 is 2.00 bits per heavy atom. The van der Waals surface area contributed by atoms with Crippen LogP contribution >= 0.6 is 0 Å². The predicted molar refractivity (Wildman–Crippen MR) is 60.9 cm³/mol. The number of carbonyl (C=O) groups is 2. The van der Waals surface area contributed by atoms with Crippen molar-refractivity contribution in [1.29, 1.82) is 0 Å². The molecule has 5 heteroatoms. The number of rotatable bonds is 0. The molecule has 0 saturated heterocycles. The lowest BCUT2D eigenvalue weighted by molar-refractivity contribution is -0.128. The maximum atomic E-state index is 12.1. The third kappa shape index (κ3) is 1.14. The van der Waals surface area contributed by atoms with Gasteiger partial charge < -0.3 is 0 Å². The standard InChI is InChI=1S/C12H13N3O2/c1-6-13-7-4-8(16)12(2)5-9(17)15(3)11(14-6)10(7)12/h4-5H2,1-3H3. The molecule has 0 spiro atoms. The first-order chi connectivity index (χ1) is 7.93. The van der Waals surface area contributed by atoms with Gasteiger partial charge in [0, 0.05) is 19.0 Å². The quantitative estimate of drug-likeness (QED) is 0.653. The molecular weight excluding hydrogens is 218 g/mol. The molecule has 1 atom stereocenters. The van der Waals surface area contributed by atoms with Crippen molar-refractivity contribution in [1.82, 2.24) is 9.97 Å². The molecule has 17 heavy (non-hydrogen) atoms. The van der Waals surface area contributed by atoms with Crippen LogP contribution < -0.4 is 4.90 Å². The fraction of sp³-hybridized carbons (Fsp3) is 0.500. The largest absolute Gasteiger partial charge is 0.300 e. The number of aromatic nitrogens is 2. The highest BCUT2D eigenvalue weighted by atomic mass is 16.2. The first-order valence-corrected chi connectivity index (χ1v) is 5.61. The molecule has 1 aromatic heterocycles. The van der Waals surface area contributed by atoms with Gasteiger partial charge in [0.1, 0.15) is 17.4 Å². The number of carbonyl (C=O) groups excluding carboxylic acids is 2. The van der Waals surface area contributed by atoms with Gasteiger partial charge in [-0.3, -0.25) is 14.5 Å². The zero-order chi connectivity index (χ0) is 12.4. The predicted octanol–water partition coefficient (Wildman–Crippen LogP) is 0.534. The summed E-state index contributed by atoms with van der Waals surface area (Å²) in [5, 5.41) is 0. The average molecular weight is 231 g/mol. The molecule has 0 N–H and O–H groups in total. The van der Waals surface area contributed by atoms with Gasteiger partial charge in [0.25, 0.3) is 0 Å². The molecule has 0 aromatic carbocycles. The monoisotopic (exact) mass is 231 g/mol. The van der Waals surface area contributed by atoms with Crippen LogP contribution in [0.5, 0.6) is 0 Å². The first kappa shape index (κ1) is 10.4. The Labute approximate surface area is 98.9 Å². The smallest absolute Gasteiger partial charge is 0.229 e. The molecule has 3 rings (SSSR count). The fourth-order valence-electron chi connectivity index (χ4n) is 2.76. The number of anilines is 1. The molecule has 0 bridgehead atoms. The zero-order valence-corrected chi connectivity index (χ0v) is 10.1. The van der Waals surface area contributed by atoms with Crippen molar-refractivity contribution < 1.29 is 9.59 Å². The van der Waals surface area contributed by atoms with Crippen LogP contribution in [0.2, 0.25) is 0 Å². The SMILES string of the molecule is Cc1nc2c3c(n1)N(C)C(=O)CC3(C)C(=O)C2. The van der Waals surface area contributed by atoms with E-state index in [0.29, 0.717) is 18.1 Å². The van der Waals surface area contributed by atoms with E-state index >= 15 is 0 Å². The summed E-state index contributed by atoms with van der Waals surface area (Å²) >= 11 is 0. The van der Waals surface area contributed by atoms with Crippen molar-refractivity contribution in [2.24, 2.45) is 0 Å². The van der Waals surface area contributed by atoms with Crippen LogP contribution in [-0.4, -0.2) is 28.7 Å². The van der Waals surface area contributed by atoms with Gasteiger partial charge in [0.15, 0.2) is 0 Å². The van der Waals surface area contributed by atoms with E-state index in [4.69, 9.17) is 0 Å². The topological polar surface area (TPSA) is 63.2 Å². The van der Waals surface area contributed by atoms with Gasteiger partial charge in [-0.25, -0.2) is 9.97 Å². The molecule has 0 radical (unpaired) electrons. The molecule has 0 saturated carbocycles.